The number of piperazine rings is 2. The van der Waals surface area contributed by atoms with E-state index < -0.39 is 24.3 Å². The SMILES string of the molecule is CN1CCN(C(=O)c2ccc3nc(N4CCN(C5CC5)CC4)sc3c2)C(OC(=O)C(F)(F)F)C1. The number of nitrogens with zero attached hydrogens (tertiary/aromatic N) is 5. The van der Waals surface area contributed by atoms with E-state index in [9.17, 15) is 22.8 Å². The summed E-state index contributed by atoms with van der Waals surface area (Å²) in [6.07, 6.45) is -3.84. The lowest BCUT2D eigenvalue weighted by Gasteiger charge is -2.39. The van der Waals surface area contributed by atoms with E-state index in [-0.39, 0.29) is 13.1 Å². The third-order valence-electron chi connectivity index (χ3n) is 6.55. The summed E-state index contributed by atoms with van der Waals surface area (Å²) in [5.41, 5.74) is 1.11. The summed E-state index contributed by atoms with van der Waals surface area (Å²) in [6.45, 7) is 4.49. The number of alkyl halides is 3. The van der Waals surface area contributed by atoms with Crippen molar-refractivity contribution in [2.45, 2.75) is 31.3 Å². The summed E-state index contributed by atoms with van der Waals surface area (Å²) < 4.78 is 43.7. The lowest BCUT2D eigenvalue weighted by atomic mass is 10.1. The zero-order chi connectivity index (χ0) is 24.0. The number of carbonyl (C=O) groups is 2. The molecule has 2 aliphatic heterocycles. The number of halogens is 3. The van der Waals surface area contributed by atoms with Gasteiger partial charge in [0, 0.05) is 50.9 Å². The van der Waals surface area contributed by atoms with Gasteiger partial charge in [0.15, 0.2) is 11.4 Å². The van der Waals surface area contributed by atoms with E-state index in [1.165, 1.54) is 29.1 Å². The van der Waals surface area contributed by atoms with Gasteiger partial charge in [0.05, 0.1) is 16.8 Å². The number of ether oxygens (including phenoxy) is 1. The molecule has 1 atom stereocenters. The lowest BCUT2D eigenvalue weighted by Crippen LogP contribution is -2.56. The average molecular weight is 498 g/mol. The molecule has 1 aromatic heterocycles. The van der Waals surface area contributed by atoms with Gasteiger partial charge in [0.25, 0.3) is 5.91 Å². The van der Waals surface area contributed by atoms with Crippen molar-refractivity contribution in [3.63, 3.8) is 0 Å². The Balaban J connectivity index is 1.31. The molecule has 3 fully saturated rings. The fraction of sp³-hybridized carbons (Fsp3) is 0.591. The molecule has 184 valence electrons. The van der Waals surface area contributed by atoms with Crippen LogP contribution in [0.1, 0.15) is 23.2 Å². The summed E-state index contributed by atoms with van der Waals surface area (Å²) in [7, 11) is 1.70. The zero-order valence-electron chi connectivity index (χ0n) is 18.8. The van der Waals surface area contributed by atoms with Gasteiger partial charge in [-0.1, -0.05) is 11.3 Å². The minimum absolute atomic E-state index is 0.00729. The molecule has 12 heteroatoms. The number of hydrogen-bond acceptors (Lipinski definition) is 8. The molecule has 8 nitrogen and oxygen atoms in total. The first-order valence-corrected chi connectivity index (χ1v) is 12.2. The molecule has 1 saturated carbocycles. The van der Waals surface area contributed by atoms with Gasteiger partial charge < -0.3 is 14.5 Å². The van der Waals surface area contributed by atoms with Crippen molar-refractivity contribution < 1.29 is 27.5 Å². The van der Waals surface area contributed by atoms with Crippen LogP contribution in [0.5, 0.6) is 0 Å². The van der Waals surface area contributed by atoms with Crippen LogP contribution in [0.4, 0.5) is 18.3 Å². The monoisotopic (exact) mass is 497 g/mol. The molecule has 2 aromatic rings. The second-order valence-corrected chi connectivity index (χ2v) is 10.1. The normalized spacial score (nSPS) is 22.9. The number of benzene rings is 1. The van der Waals surface area contributed by atoms with Gasteiger partial charge in [-0.05, 0) is 38.1 Å². The van der Waals surface area contributed by atoms with Gasteiger partial charge in [-0.15, -0.1) is 0 Å². The summed E-state index contributed by atoms with van der Waals surface area (Å²) in [4.78, 5) is 37.1. The largest absolute Gasteiger partial charge is 0.491 e. The van der Waals surface area contributed by atoms with Crippen molar-refractivity contribution in [1.82, 2.24) is 19.7 Å². The number of amides is 1. The minimum atomic E-state index is -5.12. The highest BCUT2D eigenvalue weighted by atomic mass is 32.1. The van der Waals surface area contributed by atoms with Crippen LogP contribution in [0.25, 0.3) is 10.2 Å². The van der Waals surface area contributed by atoms with Crippen LogP contribution in [0.15, 0.2) is 18.2 Å². The number of thiazole rings is 1. The number of esters is 1. The molecule has 1 aromatic carbocycles. The number of carbonyl (C=O) groups excluding carboxylic acids is 2. The summed E-state index contributed by atoms with van der Waals surface area (Å²) >= 11 is 1.51. The molecule has 1 unspecified atom stereocenters. The van der Waals surface area contributed by atoms with E-state index in [4.69, 9.17) is 4.98 Å². The number of fused-ring (bicyclic) bond motifs is 1. The van der Waals surface area contributed by atoms with E-state index in [1.54, 1.807) is 30.1 Å². The highest BCUT2D eigenvalue weighted by Gasteiger charge is 2.44. The zero-order valence-corrected chi connectivity index (χ0v) is 19.6. The highest BCUT2D eigenvalue weighted by Crippen LogP contribution is 2.33. The van der Waals surface area contributed by atoms with Crippen LogP contribution in [-0.4, -0.2) is 103 Å². The van der Waals surface area contributed by atoms with E-state index in [0.29, 0.717) is 12.1 Å². The second-order valence-electron chi connectivity index (χ2n) is 9.05. The number of anilines is 1. The first-order valence-electron chi connectivity index (χ1n) is 11.4. The predicted molar refractivity (Wildman–Crippen MR) is 121 cm³/mol. The van der Waals surface area contributed by atoms with Crippen LogP contribution in [-0.2, 0) is 9.53 Å². The van der Waals surface area contributed by atoms with Crippen molar-refractivity contribution in [2.24, 2.45) is 0 Å². The van der Waals surface area contributed by atoms with Gasteiger partial charge in [0.1, 0.15) is 0 Å². The topological polar surface area (TPSA) is 69.2 Å². The molecule has 0 radical (unpaired) electrons. The Bertz CT molecular complexity index is 1080. The Morgan fingerprint density at radius 1 is 1.09 bits per heavy atom. The molecule has 3 heterocycles. The summed E-state index contributed by atoms with van der Waals surface area (Å²) in [5, 5.41) is 0.909. The Morgan fingerprint density at radius 2 is 1.82 bits per heavy atom. The maximum absolute atomic E-state index is 13.2. The van der Waals surface area contributed by atoms with Gasteiger partial charge in [-0.2, -0.15) is 13.2 Å². The maximum atomic E-state index is 13.2. The van der Waals surface area contributed by atoms with Crippen molar-refractivity contribution in [3.8, 4) is 0 Å². The van der Waals surface area contributed by atoms with Gasteiger partial charge >= 0.3 is 12.1 Å². The summed E-state index contributed by atoms with van der Waals surface area (Å²) in [6, 6.07) is 5.86. The first kappa shape index (κ1) is 23.3. The maximum Gasteiger partial charge on any atom is 0.491 e. The van der Waals surface area contributed by atoms with Crippen molar-refractivity contribution in [3.05, 3.63) is 23.8 Å². The highest BCUT2D eigenvalue weighted by molar-refractivity contribution is 7.22. The van der Waals surface area contributed by atoms with E-state index in [0.717, 1.165) is 47.6 Å². The van der Waals surface area contributed by atoms with Crippen LogP contribution in [0.3, 0.4) is 0 Å². The number of hydrogen-bond donors (Lipinski definition) is 0. The second kappa shape index (κ2) is 8.97. The third-order valence-corrected chi connectivity index (χ3v) is 7.62. The van der Waals surface area contributed by atoms with Crippen LogP contribution < -0.4 is 4.90 Å². The first-order chi connectivity index (χ1) is 16.2. The fourth-order valence-corrected chi connectivity index (χ4v) is 5.52. The quantitative estimate of drug-likeness (QED) is 0.601. The van der Waals surface area contributed by atoms with Crippen molar-refractivity contribution in [2.75, 3.05) is 57.8 Å². The molecular formula is C22H26F3N5O3S. The van der Waals surface area contributed by atoms with Crippen molar-refractivity contribution in [1.29, 1.82) is 0 Å². The molecule has 3 aliphatic rings. The summed E-state index contributed by atoms with van der Waals surface area (Å²) in [5.74, 6) is -2.77. The van der Waals surface area contributed by atoms with Crippen LogP contribution in [0, 0.1) is 0 Å². The van der Waals surface area contributed by atoms with Crippen molar-refractivity contribution >= 4 is 38.6 Å². The third kappa shape index (κ3) is 4.84. The van der Waals surface area contributed by atoms with E-state index >= 15 is 0 Å². The van der Waals surface area contributed by atoms with Crippen LogP contribution in [0.2, 0.25) is 0 Å². The van der Waals surface area contributed by atoms with E-state index in [1.807, 2.05) is 0 Å². The number of rotatable bonds is 4. The Labute approximate surface area is 198 Å². The van der Waals surface area contributed by atoms with Crippen LogP contribution >= 0.6 is 11.3 Å². The average Bonchev–Trinajstić information content (AvgIpc) is 3.56. The predicted octanol–water partition coefficient (Wildman–Crippen LogP) is 2.40. The fourth-order valence-electron chi connectivity index (χ4n) is 4.47. The molecule has 0 bridgehead atoms. The molecular weight excluding hydrogens is 471 g/mol. The van der Waals surface area contributed by atoms with Gasteiger partial charge in [-0.3, -0.25) is 14.6 Å². The smallest absolute Gasteiger partial charge is 0.433 e. The molecule has 0 N–H and O–H groups in total. The Hall–Kier alpha value is -2.44. The minimum Gasteiger partial charge on any atom is -0.433 e. The molecule has 1 amide bonds. The Morgan fingerprint density at radius 3 is 2.50 bits per heavy atom. The van der Waals surface area contributed by atoms with Gasteiger partial charge in [0.2, 0.25) is 0 Å². The van der Waals surface area contributed by atoms with Gasteiger partial charge in [-0.25, -0.2) is 9.78 Å². The molecule has 5 rings (SSSR count). The number of likely N-dealkylation sites (N-methyl/N-ethyl adjacent to an activating group) is 1. The number of aromatic nitrogens is 1. The van der Waals surface area contributed by atoms with E-state index in [2.05, 4.69) is 14.5 Å². The molecule has 0 spiro atoms. The molecule has 2 saturated heterocycles. The Kier molecular flexibility index (Phi) is 6.15. The lowest BCUT2D eigenvalue weighted by molar-refractivity contribution is -0.213. The molecule has 34 heavy (non-hydrogen) atoms. The molecule has 1 aliphatic carbocycles. The standard InChI is InChI=1S/C22H26F3N5O3S/c1-27-6-11-30(18(13-27)33-20(32)22(23,24)25)19(31)14-2-5-16-17(12-14)34-21(26-16)29-9-7-28(8-10-29)15-3-4-15/h2,5,12,15,18H,3-4,6-11,13H2,1H3.